The molecule has 9 heteroatoms. The number of nitrogens with one attached hydrogen (secondary N) is 1. The summed E-state index contributed by atoms with van der Waals surface area (Å²) in [5.41, 5.74) is 1.71. The summed E-state index contributed by atoms with van der Waals surface area (Å²) in [6.07, 6.45) is 4.42. The van der Waals surface area contributed by atoms with Crippen LogP contribution in [0.15, 0.2) is 48.9 Å². The smallest absolute Gasteiger partial charge is 0.278 e. The fraction of sp³-hybridized carbons (Fsp3) is 0.200. The number of amides is 2. The maximum absolute atomic E-state index is 13.2. The van der Waals surface area contributed by atoms with Gasteiger partial charge < -0.3 is 15.0 Å². The van der Waals surface area contributed by atoms with E-state index in [1.54, 1.807) is 39.9 Å². The Labute approximate surface area is 172 Å². The molecule has 0 saturated heterocycles. The summed E-state index contributed by atoms with van der Waals surface area (Å²) in [5.74, 6) is -0.188. The van der Waals surface area contributed by atoms with Crippen molar-refractivity contribution < 1.29 is 14.3 Å². The number of halogens is 1. The van der Waals surface area contributed by atoms with Gasteiger partial charge in [-0.05, 0) is 37.3 Å². The van der Waals surface area contributed by atoms with E-state index in [1.807, 2.05) is 6.92 Å². The summed E-state index contributed by atoms with van der Waals surface area (Å²) < 4.78 is 6.74. The highest BCUT2D eigenvalue weighted by molar-refractivity contribution is 6.30. The van der Waals surface area contributed by atoms with Crippen molar-refractivity contribution in [3.63, 3.8) is 0 Å². The molecule has 2 amide bonds. The molecule has 8 nitrogen and oxygen atoms in total. The Morgan fingerprint density at radius 3 is 2.72 bits per heavy atom. The first-order valence-corrected chi connectivity index (χ1v) is 9.31. The van der Waals surface area contributed by atoms with E-state index >= 15 is 0 Å². The van der Waals surface area contributed by atoms with Gasteiger partial charge in [-0.1, -0.05) is 11.6 Å². The van der Waals surface area contributed by atoms with Gasteiger partial charge in [0, 0.05) is 23.5 Å². The number of aromatic nitrogens is 3. The van der Waals surface area contributed by atoms with Crippen LogP contribution in [0, 0.1) is 0 Å². The van der Waals surface area contributed by atoms with Crippen LogP contribution in [-0.2, 0) is 0 Å². The molecule has 3 aromatic rings. The van der Waals surface area contributed by atoms with Gasteiger partial charge in [-0.3, -0.25) is 19.3 Å². The highest BCUT2D eigenvalue weighted by Gasteiger charge is 2.34. The van der Waals surface area contributed by atoms with Gasteiger partial charge >= 0.3 is 0 Å². The summed E-state index contributed by atoms with van der Waals surface area (Å²) in [7, 11) is 1.50. The van der Waals surface area contributed by atoms with Crippen LogP contribution >= 0.6 is 11.6 Å². The first kappa shape index (κ1) is 18.9. The second kappa shape index (κ2) is 7.56. The average Bonchev–Trinajstić information content (AvgIpc) is 3.16. The fourth-order valence-corrected chi connectivity index (χ4v) is 3.37. The summed E-state index contributed by atoms with van der Waals surface area (Å²) in [6.45, 7) is 2.42. The number of carbonyl (C=O) groups excluding carboxylic acids is 2. The molecule has 0 fully saturated rings. The minimum Gasteiger partial charge on any atom is -0.495 e. The fourth-order valence-electron chi connectivity index (χ4n) is 3.25. The third kappa shape index (κ3) is 3.54. The molecular formula is C20H18ClN5O3. The van der Waals surface area contributed by atoms with Crippen LogP contribution in [-0.4, -0.2) is 40.2 Å². The average molecular weight is 412 g/mol. The summed E-state index contributed by atoms with van der Waals surface area (Å²) >= 11 is 5.96. The molecule has 1 aromatic carbocycles. The van der Waals surface area contributed by atoms with Crippen LogP contribution in [0.3, 0.4) is 0 Å². The van der Waals surface area contributed by atoms with Gasteiger partial charge in [0.25, 0.3) is 11.8 Å². The van der Waals surface area contributed by atoms with Gasteiger partial charge in [-0.15, -0.1) is 0 Å². The third-order valence-corrected chi connectivity index (χ3v) is 4.96. The number of fused-ring (bicyclic) bond motifs is 1. The summed E-state index contributed by atoms with van der Waals surface area (Å²) in [6, 6.07) is 8.56. The lowest BCUT2D eigenvalue weighted by Gasteiger charge is -2.32. The molecular weight excluding hydrogens is 394 g/mol. The van der Waals surface area contributed by atoms with Crippen molar-refractivity contribution in [1.82, 2.24) is 14.8 Å². The SMILES string of the molecule is COc1cncc(C(=O)Nc2cnn3c2C(=O)N(c2ccc(Cl)cc2)C[C@@H]3C)c1. The Kier molecular flexibility index (Phi) is 4.94. The molecule has 1 aliphatic rings. The first-order chi connectivity index (χ1) is 14.0. The highest BCUT2D eigenvalue weighted by atomic mass is 35.5. The topological polar surface area (TPSA) is 89.3 Å². The number of hydrogen-bond acceptors (Lipinski definition) is 5. The Morgan fingerprint density at radius 2 is 2.00 bits per heavy atom. The lowest BCUT2D eigenvalue weighted by Crippen LogP contribution is -2.43. The van der Waals surface area contributed by atoms with Crippen LogP contribution in [0.2, 0.25) is 5.02 Å². The van der Waals surface area contributed by atoms with Crippen molar-refractivity contribution in [2.45, 2.75) is 13.0 Å². The third-order valence-electron chi connectivity index (χ3n) is 4.71. The van der Waals surface area contributed by atoms with Crippen molar-refractivity contribution in [3.05, 3.63) is 65.2 Å². The summed E-state index contributed by atoms with van der Waals surface area (Å²) in [5, 5.41) is 7.66. The van der Waals surface area contributed by atoms with Gasteiger partial charge in [-0.25, -0.2) is 0 Å². The Morgan fingerprint density at radius 1 is 1.24 bits per heavy atom. The Bertz CT molecular complexity index is 1080. The molecule has 148 valence electrons. The number of hydrogen-bond donors (Lipinski definition) is 1. The molecule has 3 heterocycles. The van der Waals surface area contributed by atoms with Crippen molar-refractivity contribution >= 4 is 34.8 Å². The van der Waals surface area contributed by atoms with Crippen LogP contribution in [0.5, 0.6) is 5.75 Å². The van der Waals surface area contributed by atoms with Crippen LogP contribution < -0.4 is 15.0 Å². The van der Waals surface area contributed by atoms with Crippen molar-refractivity contribution in [3.8, 4) is 5.75 Å². The van der Waals surface area contributed by atoms with Crippen molar-refractivity contribution in [1.29, 1.82) is 0 Å². The summed E-state index contributed by atoms with van der Waals surface area (Å²) in [4.78, 5) is 31.5. The molecule has 1 N–H and O–H groups in total. The molecule has 29 heavy (non-hydrogen) atoms. The predicted octanol–water partition coefficient (Wildman–Crippen LogP) is 3.41. The lowest BCUT2D eigenvalue weighted by molar-refractivity contribution is 0.0954. The van der Waals surface area contributed by atoms with Crippen molar-refractivity contribution in [2.75, 3.05) is 23.9 Å². The largest absolute Gasteiger partial charge is 0.495 e. The normalized spacial score (nSPS) is 15.8. The number of nitrogens with zero attached hydrogens (tertiary/aromatic N) is 4. The lowest BCUT2D eigenvalue weighted by atomic mass is 10.1. The molecule has 0 bridgehead atoms. The molecule has 0 saturated carbocycles. The quantitative estimate of drug-likeness (QED) is 0.710. The van der Waals surface area contributed by atoms with Crippen LogP contribution in [0.1, 0.15) is 33.8 Å². The van der Waals surface area contributed by atoms with Gasteiger partial charge in [0.2, 0.25) is 0 Å². The molecule has 0 spiro atoms. The minimum absolute atomic E-state index is 0.0671. The molecule has 1 aliphatic heterocycles. The van der Waals surface area contributed by atoms with E-state index in [9.17, 15) is 9.59 Å². The van der Waals surface area contributed by atoms with E-state index < -0.39 is 5.91 Å². The molecule has 0 radical (unpaired) electrons. The van der Waals surface area contributed by atoms with Gasteiger partial charge in [0.15, 0.2) is 5.69 Å². The minimum atomic E-state index is -0.406. The van der Waals surface area contributed by atoms with Crippen LogP contribution in [0.25, 0.3) is 0 Å². The Hall–Kier alpha value is -3.39. The van der Waals surface area contributed by atoms with Gasteiger partial charge in [0.1, 0.15) is 5.75 Å². The molecule has 4 rings (SSSR count). The number of pyridine rings is 1. The van der Waals surface area contributed by atoms with Crippen LogP contribution in [0.4, 0.5) is 11.4 Å². The Balaban J connectivity index is 1.64. The van der Waals surface area contributed by atoms with E-state index in [1.165, 1.54) is 25.7 Å². The van der Waals surface area contributed by atoms with Crippen molar-refractivity contribution in [2.24, 2.45) is 0 Å². The number of ether oxygens (including phenoxy) is 1. The number of anilines is 2. The van der Waals surface area contributed by atoms with E-state index in [0.29, 0.717) is 34.3 Å². The zero-order valence-corrected chi connectivity index (χ0v) is 16.6. The van der Waals surface area contributed by atoms with E-state index in [2.05, 4.69) is 15.4 Å². The molecule has 0 aliphatic carbocycles. The number of carbonyl (C=O) groups is 2. The zero-order chi connectivity index (χ0) is 20.5. The monoisotopic (exact) mass is 411 g/mol. The number of rotatable bonds is 4. The predicted molar refractivity (Wildman–Crippen MR) is 109 cm³/mol. The first-order valence-electron chi connectivity index (χ1n) is 8.93. The molecule has 0 unspecified atom stereocenters. The standard InChI is InChI=1S/C20H18ClN5O3/c1-12-11-25(15-5-3-14(21)4-6-15)20(28)18-17(10-23-26(12)18)24-19(27)13-7-16(29-2)9-22-8-13/h3-10,12H,11H2,1-2H3,(H,24,27)/t12-/m0/s1. The second-order valence-corrected chi connectivity index (χ2v) is 7.10. The maximum Gasteiger partial charge on any atom is 0.278 e. The van der Waals surface area contributed by atoms with Gasteiger partial charge in [0.05, 0.1) is 36.8 Å². The van der Waals surface area contributed by atoms with E-state index in [0.717, 1.165) is 5.69 Å². The highest BCUT2D eigenvalue weighted by Crippen LogP contribution is 2.30. The van der Waals surface area contributed by atoms with Gasteiger partial charge in [-0.2, -0.15) is 5.10 Å². The zero-order valence-electron chi connectivity index (χ0n) is 15.8. The molecule has 2 aromatic heterocycles. The molecule has 1 atom stereocenters. The van der Waals surface area contributed by atoms with E-state index in [-0.39, 0.29) is 11.9 Å². The number of methoxy groups -OCH3 is 1. The second-order valence-electron chi connectivity index (χ2n) is 6.66. The number of benzene rings is 1. The van der Waals surface area contributed by atoms with E-state index in [4.69, 9.17) is 16.3 Å². The maximum atomic E-state index is 13.2.